The average Bonchev–Trinajstić information content (AvgIpc) is 2.37. The lowest BCUT2D eigenvalue weighted by Gasteiger charge is -2.22. The fourth-order valence-electron chi connectivity index (χ4n) is 1.78. The van der Waals surface area contributed by atoms with Crippen molar-refractivity contribution in [2.75, 3.05) is 0 Å². The standard InChI is InChI=1S/C16H24N2O5/c1-10(2)22-13-11(7-6-8-17-13)9-12(14(19)20)18-15(21)23-16(3,4)5/h6-8,10,12H,9H2,1-5H3,(H,18,21)(H,19,20). The van der Waals surface area contributed by atoms with Crippen LogP contribution in [0.3, 0.4) is 0 Å². The van der Waals surface area contributed by atoms with Crippen molar-refractivity contribution in [3.05, 3.63) is 23.9 Å². The van der Waals surface area contributed by atoms with Crippen LogP contribution >= 0.6 is 0 Å². The smallest absolute Gasteiger partial charge is 0.408 e. The Morgan fingerprint density at radius 2 is 2.00 bits per heavy atom. The molecule has 0 aliphatic rings. The zero-order chi connectivity index (χ0) is 17.6. The van der Waals surface area contributed by atoms with Crippen LogP contribution in [0.2, 0.25) is 0 Å². The van der Waals surface area contributed by atoms with Gasteiger partial charge in [0.05, 0.1) is 6.10 Å². The summed E-state index contributed by atoms with van der Waals surface area (Å²) < 4.78 is 10.7. The van der Waals surface area contributed by atoms with Gasteiger partial charge in [0, 0.05) is 18.2 Å². The van der Waals surface area contributed by atoms with Crippen molar-refractivity contribution in [3.8, 4) is 5.88 Å². The second-order valence-corrected chi connectivity index (χ2v) is 6.38. The molecule has 7 heteroatoms. The van der Waals surface area contributed by atoms with Crippen LogP contribution in [-0.2, 0) is 16.0 Å². The molecule has 0 fully saturated rings. The van der Waals surface area contributed by atoms with Gasteiger partial charge >= 0.3 is 12.1 Å². The van der Waals surface area contributed by atoms with Crippen molar-refractivity contribution in [2.45, 2.75) is 58.8 Å². The highest BCUT2D eigenvalue weighted by molar-refractivity contribution is 5.80. The van der Waals surface area contributed by atoms with Crippen LogP contribution in [0.15, 0.2) is 18.3 Å². The number of hydrogen-bond donors (Lipinski definition) is 2. The number of carboxylic acids is 1. The van der Waals surface area contributed by atoms with Gasteiger partial charge in [0.1, 0.15) is 11.6 Å². The van der Waals surface area contributed by atoms with E-state index < -0.39 is 23.7 Å². The molecule has 1 unspecified atom stereocenters. The fourth-order valence-corrected chi connectivity index (χ4v) is 1.78. The summed E-state index contributed by atoms with van der Waals surface area (Å²) in [5.41, 5.74) is -0.0995. The van der Waals surface area contributed by atoms with Gasteiger partial charge in [0.25, 0.3) is 0 Å². The molecule has 0 aliphatic heterocycles. The molecular formula is C16H24N2O5. The Balaban J connectivity index is 2.85. The van der Waals surface area contributed by atoms with E-state index in [4.69, 9.17) is 9.47 Å². The SMILES string of the molecule is CC(C)Oc1ncccc1CC(NC(=O)OC(C)(C)C)C(=O)O. The molecule has 0 aliphatic carbocycles. The molecule has 0 saturated carbocycles. The number of rotatable bonds is 6. The number of ether oxygens (including phenoxy) is 2. The number of hydrogen-bond acceptors (Lipinski definition) is 5. The normalized spacial score (nSPS) is 12.6. The van der Waals surface area contributed by atoms with Crippen molar-refractivity contribution in [1.29, 1.82) is 0 Å². The summed E-state index contributed by atoms with van der Waals surface area (Å²) >= 11 is 0. The van der Waals surface area contributed by atoms with E-state index in [2.05, 4.69) is 10.3 Å². The summed E-state index contributed by atoms with van der Waals surface area (Å²) in [6.07, 6.45) is 0.744. The number of nitrogens with zero attached hydrogens (tertiary/aromatic N) is 1. The number of carbonyl (C=O) groups excluding carboxylic acids is 1. The minimum absolute atomic E-state index is 0.0461. The highest BCUT2D eigenvalue weighted by Gasteiger charge is 2.25. The third kappa shape index (κ3) is 6.99. The van der Waals surface area contributed by atoms with Crippen LogP contribution in [0.5, 0.6) is 5.88 Å². The Morgan fingerprint density at radius 3 is 2.52 bits per heavy atom. The second kappa shape index (κ2) is 7.80. The summed E-state index contributed by atoms with van der Waals surface area (Å²) in [5, 5.41) is 11.7. The lowest BCUT2D eigenvalue weighted by atomic mass is 10.1. The quantitative estimate of drug-likeness (QED) is 0.834. The maximum atomic E-state index is 11.8. The molecule has 23 heavy (non-hydrogen) atoms. The van der Waals surface area contributed by atoms with Crippen molar-refractivity contribution in [1.82, 2.24) is 10.3 Å². The molecule has 2 N–H and O–H groups in total. The molecule has 7 nitrogen and oxygen atoms in total. The second-order valence-electron chi connectivity index (χ2n) is 6.38. The van der Waals surface area contributed by atoms with Crippen molar-refractivity contribution in [3.63, 3.8) is 0 Å². The van der Waals surface area contributed by atoms with E-state index in [9.17, 15) is 14.7 Å². The molecular weight excluding hydrogens is 300 g/mol. The number of pyridine rings is 1. The van der Waals surface area contributed by atoms with Crippen LogP contribution < -0.4 is 10.1 Å². The minimum Gasteiger partial charge on any atom is -0.480 e. The molecule has 0 spiro atoms. The average molecular weight is 324 g/mol. The maximum Gasteiger partial charge on any atom is 0.408 e. The van der Waals surface area contributed by atoms with Gasteiger partial charge in [-0.05, 0) is 40.7 Å². The zero-order valence-electron chi connectivity index (χ0n) is 14.1. The molecule has 0 saturated heterocycles. The number of amides is 1. The molecule has 1 atom stereocenters. The number of alkyl carbamates (subject to hydrolysis) is 1. The highest BCUT2D eigenvalue weighted by atomic mass is 16.6. The van der Waals surface area contributed by atoms with E-state index in [-0.39, 0.29) is 12.5 Å². The molecule has 1 aromatic rings. The largest absolute Gasteiger partial charge is 0.480 e. The van der Waals surface area contributed by atoms with Crippen LogP contribution in [-0.4, -0.2) is 39.9 Å². The van der Waals surface area contributed by atoms with Gasteiger partial charge in [0.15, 0.2) is 0 Å². The van der Waals surface area contributed by atoms with Crippen molar-refractivity contribution >= 4 is 12.1 Å². The zero-order valence-corrected chi connectivity index (χ0v) is 14.1. The summed E-state index contributed by atoms with van der Waals surface area (Å²) in [7, 11) is 0. The molecule has 1 aromatic heterocycles. The first-order valence-corrected chi connectivity index (χ1v) is 7.41. The van der Waals surface area contributed by atoms with Crippen LogP contribution in [0, 0.1) is 0 Å². The highest BCUT2D eigenvalue weighted by Crippen LogP contribution is 2.18. The van der Waals surface area contributed by atoms with Crippen molar-refractivity contribution in [2.24, 2.45) is 0 Å². The monoisotopic (exact) mass is 324 g/mol. The molecule has 0 bridgehead atoms. The third-order valence-electron chi connectivity index (χ3n) is 2.61. The van der Waals surface area contributed by atoms with E-state index in [1.807, 2.05) is 13.8 Å². The van der Waals surface area contributed by atoms with Crippen molar-refractivity contribution < 1.29 is 24.2 Å². The molecule has 1 heterocycles. The summed E-state index contributed by atoms with van der Waals surface area (Å²) in [6.45, 7) is 8.83. The lowest BCUT2D eigenvalue weighted by molar-refractivity contribution is -0.139. The van der Waals surface area contributed by atoms with Gasteiger partial charge < -0.3 is 19.9 Å². The Morgan fingerprint density at radius 1 is 1.35 bits per heavy atom. The molecule has 0 aromatic carbocycles. The molecule has 1 rings (SSSR count). The van der Waals surface area contributed by atoms with Crippen LogP contribution in [0.25, 0.3) is 0 Å². The lowest BCUT2D eigenvalue weighted by Crippen LogP contribution is -2.44. The van der Waals surface area contributed by atoms with Gasteiger partial charge in [-0.15, -0.1) is 0 Å². The first-order valence-electron chi connectivity index (χ1n) is 7.41. The number of carboxylic acid groups (broad SMARTS) is 1. The van der Waals surface area contributed by atoms with Gasteiger partial charge in [-0.2, -0.15) is 0 Å². The maximum absolute atomic E-state index is 11.8. The van der Waals surface area contributed by atoms with E-state index >= 15 is 0 Å². The predicted octanol–water partition coefficient (Wildman–Crippen LogP) is 2.39. The van der Waals surface area contributed by atoms with Gasteiger partial charge in [-0.3, -0.25) is 0 Å². The van der Waals surface area contributed by atoms with E-state index in [0.717, 1.165) is 0 Å². The minimum atomic E-state index is -1.16. The first-order chi connectivity index (χ1) is 10.6. The number of aromatic nitrogens is 1. The van der Waals surface area contributed by atoms with Gasteiger partial charge in [0.2, 0.25) is 5.88 Å². The number of carbonyl (C=O) groups is 2. The van der Waals surface area contributed by atoms with Gasteiger partial charge in [-0.25, -0.2) is 14.6 Å². The summed E-state index contributed by atoms with van der Waals surface area (Å²) in [5.74, 6) is -0.796. The van der Waals surface area contributed by atoms with E-state index in [1.165, 1.54) is 0 Å². The van der Waals surface area contributed by atoms with Crippen LogP contribution in [0.4, 0.5) is 4.79 Å². The Kier molecular flexibility index (Phi) is 6.36. The first kappa shape index (κ1) is 18.7. The molecule has 0 radical (unpaired) electrons. The van der Waals surface area contributed by atoms with Gasteiger partial charge in [-0.1, -0.05) is 6.07 Å². The summed E-state index contributed by atoms with van der Waals surface area (Å²) in [6, 6.07) is 2.27. The van der Waals surface area contributed by atoms with Crippen LogP contribution in [0.1, 0.15) is 40.2 Å². The van der Waals surface area contributed by atoms with E-state index in [0.29, 0.717) is 11.4 Å². The third-order valence-corrected chi connectivity index (χ3v) is 2.61. The Bertz CT molecular complexity index is 552. The number of aliphatic carboxylic acids is 1. The fraction of sp³-hybridized carbons (Fsp3) is 0.562. The summed E-state index contributed by atoms with van der Waals surface area (Å²) in [4.78, 5) is 27.3. The molecule has 128 valence electrons. The van der Waals surface area contributed by atoms with E-state index in [1.54, 1.807) is 39.1 Å². The molecule has 1 amide bonds. The Hall–Kier alpha value is -2.31. The topological polar surface area (TPSA) is 97.8 Å². The predicted molar refractivity (Wildman–Crippen MR) is 84.5 cm³/mol. The Labute approximate surface area is 136 Å². The number of nitrogens with one attached hydrogen (secondary N) is 1.